The van der Waals surface area contributed by atoms with Crippen molar-refractivity contribution in [2.45, 2.75) is 52.5 Å². The maximum atomic E-state index is 13.1. The van der Waals surface area contributed by atoms with Gasteiger partial charge in [-0.3, -0.25) is 9.59 Å². The van der Waals surface area contributed by atoms with Crippen LogP contribution < -0.4 is 15.5 Å². The first-order valence-electron chi connectivity index (χ1n) is 11.8. The molecule has 184 valence electrons. The van der Waals surface area contributed by atoms with E-state index in [0.717, 1.165) is 29.0 Å². The number of hydrogen-bond donors (Lipinski definition) is 2. The number of imide groups is 1. The van der Waals surface area contributed by atoms with Gasteiger partial charge in [0.2, 0.25) is 5.91 Å². The van der Waals surface area contributed by atoms with E-state index in [4.69, 9.17) is 0 Å². The van der Waals surface area contributed by atoms with Crippen molar-refractivity contribution in [1.82, 2.24) is 10.2 Å². The molecule has 0 aromatic heterocycles. The lowest BCUT2D eigenvalue weighted by molar-refractivity contribution is -0.127. The summed E-state index contributed by atoms with van der Waals surface area (Å²) in [5.41, 5.74) is 4.83. The van der Waals surface area contributed by atoms with Crippen molar-refractivity contribution in [1.29, 1.82) is 0 Å². The van der Waals surface area contributed by atoms with Gasteiger partial charge in [-0.25, -0.2) is 14.1 Å². The standard InChI is InChI=1S/C27H31FN4O3/c1-6-32-23-11-16(2)18(12-21(23)17(3)14-27(32,4)5)13-22-25(34)31(26(35)30-22)15-24(33)29-20-9-7-19(28)8-10-20/h7-13,17H,6,14-15H2,1-5H3,(H,29,33)(H,30,35)/b22-13+. The zero-order valence-corrected chi connectivity index (χ0v) is 20.7. The predicted molar refractivity (Wildman–Crippen MR) is 135 cm³/mol. The second kappa shape index (κ2) is 9.17. The van der Waals surface area contributed by atoms with Crippen molar-refractivity contribution in [3.8, 4) is 0 Å². The second-order valence-electron chi connectivity index (χ2n) is 9.86. The Hall–Kier alpha value is -3.68. The third-order valence-electron chi connectivity index (χ3n) is 6.78. The maximum absolute atomic E-state index is 13.1. The molecule has 2 heterocycles. The largest absolute Gasteiger partial charge is 0.366 e. The number of urea groups is 1. The molecule has 7 nitrogen and oxygen atoms in total. The lowest BCUT2D eigenvalue weighted by atomic mass is 9.79. The minimum absolute atomic E-state index is 0.0535. The first-order chi connectivity index (χ1) is 16.5. The number of hydrogen-bond acceptors (Lipinski definition) is 4. The Morgan fingerprint density at radius 3 is 2.57 bits per heavy atom. The molecule has 2 aromatic rings. The van der Waals surface area contributed by atoms with Crippen molar-refractivity contribution in [2.24, 2.45) is 0 Å². The molecule has 35 heavy (non-hydrogen) atoms. The number of nitrogens with zero attached hydrogens (tertiary/aromatic N) is 2. The summed E-state index contributed by atoms with van der Waals surface area (Å²) in [6.45, 7) is 11.3. The molecule has 0 bridgehead atoms. The minimum atomic E-state index is -0.654. The fourth-order valence-electron chi connectivity index (χ4n) is 5.15. The number of fused-ring (bicyclic) bond motifs is 1. The maximum Gasteiger partial charge on any atom is 0.329 e. The smallest absolute Gasteiger partial charge is 0.329 e. The summed E-state index contributed by atoms with van der Waals surface area (Å²) in [5.74, 6) is -1.20. The fourth-order valence-corrected chi connectivity index (χ4v) is 5.15. The van der Waals surface area contributed by atoms with Gasteiger partial charge in [0, 0.05) is 23.5 Å². The number of anilines is 2. The molecule has 1 saturated heterocycles. The van der Waals surface area contributed by atoms with Gasteiger partial charge < -0.3 is 15.5 Å². The summed E-state index contributed by atoms with van der Waals surface area (Å²) in [6, 6.07) is 8.84. The van der Waals surface area contributed by atoms with Crippen LogP contribution in [0.4, 0.5) is 20.6 Å². The van der Waals surface area contributed by atoms with Gasteiger partial charge in [0.25, 0.3) is 5.91 Å². The normalized spacial score (nSPS) is 20.2. The number of rotatable bonds is 5. The van der Waals surface area contributed by atoms with E-state index in [2.05, 4.69) is 55.4 Å². The molecule has 4 rings (SSSR count). The Morgan fingerprint density at radius 1 is 1.23 bits per heavy atom. The quantitative estimate of drug-likeness (QED) is 0.479. The fraction of sp³-hybridized carbons (Fsp3) is 0.370. The van der Waals surface area contributed by atoms with E-state index in [1.165, 1.54) is 35.5 Å². The third-order valence-corrected chi connectivity index (χ3v) is 6.78. The molecule has 0 aliphatic carbocycles. The van der Waals surface area contributed by atoms with Crippen LogP contribution in [0.3, 0.4) is 0 Å². The first kappa shape index (κ1) is 24.4. The third kappa shape index (κ3) is 4.78. The van der Waals surface area contributed by atoms with E-state index < -0.39 is 30.2 Å². The Balaban J connectivity index is 1.55. The average Bonchev–Trinajstić information content (AvgIpc) is 3.03. The van der Waals surface area contributed by atoms with Gasteiger partial charge in [-0.05, 0) is 99.2 Å². The highest BCUT2D eigenvalue weighted by Crippen LogP contribution is 2.44. The van der Waals surface area contributed by atoms with Crippen LogP contribution in [-0.4, -0.2) is 41.4 Å². The van der Waals surface area contributed by atoms with Crippen molar-refractivity contribution in [3.63, 3.8) is 0 Å². The molecule has 1 unspecified atom stereocenters. The zero-order valence-electron chi connectivity index (χ0n) is 20.7. The molecule has 2 aliphatic heterocycles. The number of carbonyl (C=O) groups is 3. The number of nitrogens with one attached hydrogen (secondary N) is 2. The van der Waals surface area contributed by atoms with Crippen LogP contribution in [0.1, 0.15) is 56.7 Å². The highest BCUT2D eigenvalue weighted by atomic mass is 19.1. The van der Waals surface area contributed by atoms with Crippen LogP contribution in [0.25, 0.3) is 6.08 Å². The molecule has 0 spiro atoms. The Labute approximate surface area is 205 Å². The van der Waals surface area contributed by atoms with E-state index in [-0.39, 0.29) is 11.2 Å². The summed E-state index contributed by atoms with van der Waals surface area (Å²) in [5, 5.41) is 5.15. The molecule has 2 N–H and O–H groups in total. The monoisotopic (exact) mass is 478 g/mol. The molecule has 4 amide bonds. The van der Waals surface area contributed by atoms with Gasteiger partial charge in [0.1, 0.15) is 18.1 Å². The molecule has 2 aromatic carbocycles. The zero-order chi connectivity index (χ0) is 25.5. The SMILES string of the molecule is CCN1c2cc(C)c(/C=C3/NC(=O)N(CC(=O)Nc4ccc(F)cc4)C3=O)cc2C(C)CC1(C)C. The number of aryl methyl sites for hydroxylation is 1. The van der Waals surface area contributed by atoms with Gasteiger partial charge in [0.05, 0.1) is 0 Å². The molecular weight excluding hydrogens is 447 g/mol. The van der Waals surface area contributed by atoms with Crippen LogP contribution in [0.5, 0.6) is 0 Å². The molecule has 0 saturated carbocycles. The highest BCUT2D eigenvalue weighted by Gasteiger charge is 2.37. The van der Waals surface area contributed by atoms with Gasteiger partial charge in [-0.1, -0.05) is 6.92 Å². The minimum Gasteiger partial charge on any atom is -0.366 e. The van der Waals surface area contributed by atoms with Gasteiger partial charge in [-0.15, -0.1) is 0 Å². The Morgan fingerprint density at radius 2 is 1.91 bits per heavy atom. The van der Waals surface area contributed by atoms with E-state index >= 15 is 0 Å². The van der Waals surface area contributed by atoms with E-state index in [0.29, 0.717) is 11.6 Å². The molecule has 1 fully saturated rings. The second-order valence-corrected chi connectivity index (χ2v) is 9.86. The Bertz CT molecular complexity index is 1220. The summed E-state index contributed by atoms with van der Waals surface area (Å²) in [7, 11) is 0. The van der Waals surface area contributed by atoms with E-state index in [1.807, 2.05) is 6.92 Å². The van der Waals surface area contributed by atoms with Crippen LogP contribution in [0.15, 0.2) is 42.1 Å². The molecule has 1 atom stereocenters. The number of carbonyl (C=O) groups excluding carboxylic acids is 3. The molecule has 8 heteroatoms. The van der Waals surface area contributed by atoms with Crippen molar-refractivity contribution in [3.05, 3.63) is 64.6 Å². The van der Waals surface area contributed by atoms with Crippen LogP contribution >= 0.6 is 0 Å². The van der Waals surface area contributed by atoms with Gasteiger partial charge in [0.15, 0.2) is 0 Å². The molecular formula is C27H31FN4O3. The predicted octanol–water partition coefficient (Wildman–Crippen LogP) is 4.78. The lowest BCUT2D eigenvalue weighted by Crippen LogP contribution is -2.48. The van der Waals surface area contributed by atoms with Gasteiger partial charge in [-0.2, -0.15) is 0 Å². The number of halogens is 1. The summed E-state index contributed by atoms with van der Waals surface area (Å²) < 4.78 is 13.1. The van der Waals surface area contributed by atoms with Crippen molar-refractivity contribution in [2.75, 3.05) is 23.3 Å². The van der Waals surface area contributed by atoms with Crippen molar-refractivity contribution >= 4 is 35.3 Å². The van der Waals surface area contributed by atoms with E-state index in [9.17, 15) is 18.8 Å². The Kier molecular flexibility index (Phi) is 6.40. The van der Waals surface area contributed by atoms with Crippen molar-refractivity contribution < 1.29 is 18.8 Å². The summed E-state index contributed by atoms with van der Waals surface area (Å²) in [4.78, 5) is 41.0. The van der Waals surface area contributed by atoms with Crippen LogP contribution in [0, 0.1) is 12.7 Å². The number of benzene rings is 2. The van der Waals surface area contributed by atoms with Crippen LogP contribution in [0.2, 0.25) is 0 Å². The topological polar surface area (TPSA) is 81.8 Å². The average molecular weight is 479 g/mol. The molecule has 0 radical (unpaired) electrons. The van der Waals surface area contributed by atoms with Crippen LogP contribution in [-0.2, 0) is 9.59 Å². The highest BCUT2D eigenvalue weighted by molar-refractivity contribution is 6.16. The summed E-state index contributed by atoms with van der Waals surface area (Å²) in [6.07, 6.45) is 2.69. The van der Waals surface area contributed by atoms with Gasteiger partial charge >= 0.3 is 6.03 Å². The summed E-state index contributed by atoms with van der Waals surface area (Å²) >= 11 is 0. The lowest BCUT2D eigenvalue weighted by Gasteiger charge is -2.47. The molecule has 2 aliphatic rings. The van der Waals surface area contributed by atoms with E-state index in [1.54, 1.807) is 6.08 Å². The number of amides is 4. The first-order valence-corrected chi connectivity index (χ1v) is 11.8.